The van der Waals surface area contributed by atoms with Crippen LogP contribution in [0.3, 0.4) is 0 Å². The molecule has 0 amide bonds. The Morgan fingerprint density at radius 1 is 1.17 bits per heavy atom. The fourth-order valence-corrected chi connectivity index (χ4v) is 2.78. The van der Waals surface area contributed by atoms with E-state index in [0.717, 1.165) is 25.0 Å². The lowest BCUT2D eigenvalue weighted by Gasteiger charge is -2.31. The molecule has 1 saturated carbocycles. The van der Waals surface area contributed by atoms with E-state index in [1.54, 1.807) is 0 Å². The number of benzene rings is 1. The predicted molar refractivity (Wildman–Crippen MR) is 72.5 cm³/mol. The van der Waals surface area contributed by atoms with Crippen LogP contribution >= 0.6 is 0 Å². The average Bonchev–Trinajstić information content (AvgIpc) is 2.27. The minimum absolute atomic E-state index is 0.0435. The lowest BCUT2D eigenvalue weighted by Crippen LogP contribution is -2.32. The minimum atomic E-state index is 0.0435. The molecule has 0 N–H and O–H groups in total. The zero-order chi connectivity index (χ0) is 13.1. The molecular weight excluding hydrogens is 222 g/mol. The van der Waals surface area contributed by atoms with Gasteiger partial charge in [0.15, 0.2) is 0 Å². The van der Waals surface area contributed by atoms with Crippen LogP contribution in [0, 0.1) is 37.0 Å². The van der Waals surface area contributed by atoms with Crippen LogP contribution in [0.25, 0.3) is 0 Å². The minimum Gasteiger partial charge on any atom is -0.489 e. The van der Waals surface area contributed by atoms with Gasteiger partial charge < -0.3 is 4.74 Å². The molecule has 1 aliphatic rings. The molecule has 3 atom stereocenters. The number of nitrogens with zero attached hydrogens (tertiary/aromatic N) is 1. The number of hydrogen-bond acceptors (Lipinski definition) is 2. The fraction of sp³-hybridized carbons (Fsp3) is 0.562. The Balaban J connectivity index is 2.13. The van der Waals surface area contributed by atoms with Crippen LogP contribution in [-0.4, -0.2) is 6.10 Å². The van der Waals surface area contributed by atoms with E-state index in [4.69, 9.17) is 4.74 Å². The van der Waals surface area contributed by atoms with E-state index in [-0.39, 0.29) is 12.0 Å². The first-order valence-electron chi connectivity index (χ1n) is 6.73. The molecule has 1 aromatic rings. The smallest absolute Gasteiger partial charge is 0.120 e. The molecule has 0 spiro atoms. The number of nitriles is 1. The molecule has 1 aliphatic carbocycles. The Kier molecular flexibility index (Phi) is 3.91. The van der Waals surface area contributed by atoms with Gasteiger partial charge in [-0.2, -0.15) is 5.26 Å². The van der Waals surface area contributed by atoms with Crippen molar-refractivity contribution in [1.29, 1.82) is 5.26 Å². The van der Waals surface area contributed by atoms with Crippen molar-refractivity contribution in [3.63, 3.8) is 0 Å². The second kappa shape index (κ2) is 5.44. The summed E-state index contributed by atoms with van der Waals surface area (Å²) in [5.41, 5.74) is 2.42. The molecule has 0 radical (unpaired) electrons. The maximum absolute atomic E-state index is 9.20. The highest BCUT2D eigenvalue weighted by molar-refractivity contribution is 5.33. The summed E-state index contributed by atoms with van der Waals surface area (Å²) in [6.45, 7) is 6.39. The second-order valence-corrected chi connectivity index (χ2v) is 5.63. The summed E-state index contributed by atoms with van der Waals surface area (Å²) in [6.07, 6.45) is 3.16. The van der Waals surface area contributed by atoms with Gasteiger partial charge in [0.2, 0.25) is 0 Å². The van der Waals surface area contributed by atoms with Crippen molar-refractivity contribution in [1.82, 2.24) is 0 Å². The number of rotatable bonds is 2. The molecule has 2 heteroatoms. The van der Waals surface area contributed by atoms with Crippen LogP contribution in [0.4, 0.5) is 0 Å². The molecule has 96 valence electrons. The van der Waals surface area contributed by atoms with Crippen LogP contribution in [0.1, 0.15) is 37.3 Å². The highest BCUT2D eigenvalue weighted by Gasteiger charge is 2.30. The fourth-order valence-electron chi connectivity index (χ4n) is 2.78. The summed E-state index contributed by atoms with van der Waals surface area (Å²) in [6, 6.07) is 8.65. The third-order valence-electron chi connectivity index (χ3n) is 3.70. The van der Waals surface area contributed by atoms with Gasteiger partial charge in [0.05, 0.1) is 12.0 Å². The van der Waals surface area contributed by atoms with Crippen molar-refractivity contribution in [2.24, 2.45) is 11.8 Å². The van der Waals surface area contributed by atoms with Gasteiger partial charge >= 0.3 is 0 Å². The largest absolute Gasteiger partial charge is 0.489 e. The molecule has 1 fully saturated rings. The first-order chi connectivity index (χ1) is 8.58. The third-order valence-corrected chi connectivity index (χ3v) is 3.70. The molecule has 0 saturated heterocycles. The van der Waals surface area contributed by atoms with E-state index < -0.39 is 0 Å². The summed E-state index contributed by atoms with van der Waals surface area (Å²) >= 11 is 0. The maximum Gasteiger partial charge on any atom is 0.120 e. The monoisotopic (exact) mass is 243 g/mol. The summed E-state index contributed by atoms with van der Waals surface area (Å²) in [5.74, 6) is 1.61. The highest BCUT2D eigenvalue weighted by atomic mass is 16.5. The first kappa shape index (κ1) is 13.0. The third kappa shape index (κ3) is 3.04. The van der Waals surface area contributed by atoms with Crippen LogP contribution in [0.15, 0.2) is 18.2 Å². The molecule has 1 aromatic carbocycles. The quantitative estimate of drug-likeness (QED) is 0.786. The van der Waals surface area contributed by atoms with Gasteiger partial charge in [0.1, 0.15) is 11.9 Å². The topological polar surface area (TPSA) is 33.0 Å². The molecule has 0 bridgehead atoms. The summed E-state index contributed by atoms with van der Waals surface area (Å²) < 4.78 is 6.07. The predicted octanol–water partition coefficient (Wildman–Crippen LogP) is 4.01. The second-order valence-electron chi connectivity index (χ2n) is 5.63. The van der Waals surface area contributed by atoms with Crippen molar-refractivity contribution in [3.8, 4) is 11.8 Å². The number of aryl methyl sites for hydroxylation is 2. The SMILES string of the molecule is Cc1cc(C)cc(OC2CC(C)CCC2C#N)c1. The van der Waals surface area contributed by atoms with Crippen LogP contribution in [-0.2, 0) is 0 Å². The Morgan fingerprint density at radius 3 is 2.44 bits per heavy atom. The van der Waals surface area contributed by atoms with Gasteiger partial charge in [-0.15, -0.1) is 0 Å². The van der Waals surface area contributed by atoms with Crippen LogP contribution in [0.5, 0.6) is 5.75 Å². The lowest BCUT2D eigenvalue weighted by molar-refractivity contribution is 0.0955. The van der Waals surface area contributed by atoms with Gasteiger partial charge in [-0.25, -0.2) is 0 Å². The Hall–Kier alpha value is -1.49. The van der Waals surface area contributed by atoms with Crippen molar-refractivity contribution in [2.45, 2.75) is 46.1 Å². The standard InChI is InChI=1S/C16H21NO/c1-11-4-5-14(10-17)16(9-11)18-15-7-12(2)6-13(3)8-15/h6-8,11,14,16H,4-5,9H2,1-3H3. The Bertz CT molecular complexity index is 440. The first-order valence-corrected chi connectivity index (χ1v) is 6.73. The molecule has 3 unspecified atom stereocenters. The van der Waals surface area contributed by atoms with Crippen LogP contribution in [0.2, 0.25) is 0 Å². The van der Waals surface area contributed by atoms with Gasteiger partial charge in [-0.1, -0.05) is 13.0 Å². The Labute approximate surface area is 110 Å². The molecule has 0 aliphatic heterocycles. The summed E-state index contributed by atoms with van der Waals surface area (Å²) in [7, 11) is 0. The summed E-state index contributed by atoms with van der Waals surface area (Å²) in [5, 5.41) is 9.20. The van der Waals surface area contributed by atoms with Gasteiger partial charge in [0, 0.05) is 0 Å². The van der Waals surface area contributed by atoms with E-state index in [1.165, 1.54) is 11.1 Å². The highest BCUT2D eigenvalue weighted by Crippen LogP contribution is 2.32. The van der Waals surface area contributed by atoms with E-state index in [9.17, 15) is 5.26 Å². The molecule has 2 nitrogen and oxygen atoms in total. The van der Waals surface area contributed by atoms with Crippen molar-refractivity contribution in [3.05, 3.63) is 29.3 Å². The zero-order valence-electron chi connectivity index (χ0n) is 11.4. The van der Waals surface area contributed by atoms with Crippen molar-refractivity contribution >= 4 is 0 Å². The van der Waals surface area contributed by atoms with Gasteiger partial charge in [0.25, 0.3) is 0 Å². The van der Waals surface area contributed by atoms with Crippen molar-refractivity contribution < 1.29 is 4.74 Å². The van der Waals surface area contributed by atoms with E-state index in [2.05, 4.69) is 45.0 Å². The number of ether oxygens (including phenoxy) is 1. The van der Waals surface area contributed by atoms with E-state index >= 15 is 0 Å². The van der Waals surface area contributed by atoms with Crippen LogP contribution < -0.4 is 4.74 Å². The average molecular weight is 243 g/mol. The van der Waals surface area contributed by atoms with Gasteiger partial charge in [-0.3, -0.25) is 0 Å². The molecule has 0 heterocycles. The summed E-state index contributed by atoms with van der Waals surface area (Å²) in [4.78, 5) is 0. The Morgan fingerprint density at radius 2 is 1.83 bits per heavy atom. The zero-order valence-corrected chi connectivity index (χ0v) is 11.4. The normalized spacial score (nSPS) is 27.6. The molecule has 18 heavy (non-hydrogen) atoms. The lowest BCUT2D eigenvalue weighted by atomic mass is 9.81. The van der Waals surface area contributed by atoms with Crippen molar-refractivity contribution in [2.75, 3.05) is 0 Å². The van der Waals surface area contributed by atoms with E-state index in [1.807, 2.05) is 0 Å². The molecule has 0 aromatic heterocycles. The van der Waals surface area contributed by atoms with Gasteiger partial charge in [-0.05, 0) is 62.3 Å². The maximum atomic E-state index is 9.20. The van der Waals surface area contributed by atoms with E-state index in [0.29, 0.717) is 5.92 Å². The molecule has 2 rings (SSSR count). The number of hydrogen-bond donors (Lipinski definition) is 0. The molecular formula is C16H21NO.